The summed E-state index contributed by atoms with van der Waals surface area (Å²) in [7, 11) is 0. The van der Waals surface area contributed by atoms with E-state index in [1.807, 2.05) is 61.2 Å². The van der Waals surface area contributed by atoms with E-state index in [1.165, 1.54) is 6.07 Å². The van der Waals surface area contributed by atoms with Gasteiger partial charge in [0.05, 0.1) is 17.1 Å². The molecule has 1 saturated carbocycles. The van der Waals surface area contributed by atoms with E-state index in [2.05, 4.69) is 5.32 Å². The van der Waals surface area contributed by atoms with Crippen molar-refractivity contribution < 1.29 is 24.6 Å². The molecule has 1 aliphatic heterocycles. The number of piperidine rings is 1. The number of aliphatic hydroxyl groups is 1. The van der Waals surface area contributed by atoms with Gasteiger partial charge in [-0.2, -0.15) is 0 Å². The summed E-state index contributed by atoms with van der Waals surface area (Å²) in [6.07, 6.45) is 3.49. The maximum atomic E-state index is 13.9. The molecule has 3 unspecified atom stereocenters. The van der Waals surface area contributed by atoms with E-state index in [-0.39, 0.29) is 23.1 Å². The Kier molecular flexibility index (Phi) is 8.44. The van der Waals surface area contributed by atoms with Crippen molar-refractivity contribution in [1.29, 1.82) is 0 Å². The van der Waals surface area contributed by atoms with E-state index < -0.39 is 28.8 Å². The van der Waals surface area contributed by atoms with Crippen molar-refractivity contribution in [3.8, 4) is 11.1 Å². The molecule has 2 amide bonds. The first-order valence-electron chi connectivity index (χ1n) is 14.5. The second-order valence-corrected chi connectivity index (χ2v) is 12.6. The molecule has 5 rings (SSSR count). The Morgan fingerprint density at radius 2 is 1.57 bits per heavy atom. The summed E-state index contributed by atoms with van der Waals surface area (Å²) in [4.78, 5) is 41.2. The van der Waals surface area contributed by atoms with E-state index in [4.69, 9.17) is 11.6 Å². The van der Waals surface area contributed by atoms with Gasteiger partial charge in [0.15, 0.2) is 0 Å². The lowest BCUT2D eigenvalue weighted by molar-refractivity contribution is -0.158. The van der Waals surface area contributed by atoms with Crippen LogP contribution < -0.4 is 5.32 Å². The van der Waals surface area contributed by atoms with Crippen molar-refractivity contribution in [1.82, 2.24) is 10.2 Å². The third-order valence-electron chi connectivity index (χ3n) is 9.03. The van der Waals surface area contributed by atoms with Gasteiger partial charge >= 0.3 is 5.97 Å². The molecule has 3 atom stereocenters. The van der Waals surface area contributed by atoms with Crippen LogP contribution >= 0.6 is 11.6 Å². The van der Waals surface area contributed by atoms with Crippen LogP contribution in [0.4, 0.5) is 0 Å². The van der Waals surface area contributed by atoms with Crippen LogP contribution in [0.15, 0.2) is 72.8 Å². The number of carbonyl (C=O) groups is 3. The van der Waals surface area contributed by atoms with Gasteiger partial charge in [0.1, 0.15) is 0 Å². The average Bonchev–Trinajstić information content (AvgIpc) is 2.99. The molecule has 8 heteroatoms. The number of halogens is 1. The highest BCUT2D eigenvalue weighted by molar-refractivity contribution is 6.30. The van der Waals surface area contributed by atoms with Gasteiger partial charge in [0.2, 0.25) is 5.91 Å². The second-order valence-electron chi connectivity index (χ2n) is 12.2. The van der Waals surface area contributed by atoms with Gasteiger partial charge in [0, 0.05) is 35.1 Å². The van der Waals surface area contributed by atoms with Crippen LogP contribution in [0.5, 0.6) is 0 Å². The van der Waals surface area contributed by atoms with Crippen LogP contribution in [0.1, 0.15) is 72.2 Å². The smallest absolute Gasteiger partial charge is 0.335 e. The number of aromatic carboxylic acids is 1. The Hall–Kier alpha value is -3.68. The van der Waals surface area contributed by atoms with Crippen LogP contribution in [0.25, 0.3) is 11.1 Å². The Morgan fingerprint density at radius 3 is 2.24 bits per heavy atom. The van der Waals surface area contributed by atoms with Crippen molar-refractivity contribution in [2.45, 2.75) is 57.6 Å². The van der Waals surface area contributed by atoms with E-state index in [9.17, 15) is 24.6 Å². The lowest BCUT2D eigenvalue weighted by Crippen LogP contribution is -2.59. The molecule has 0 radical (unpaired) electrons. The van der Waals surface area contributed by atoms with Gasteiger partial charge in [-0.05, 0) is 66.3 Å². The number of benzene rings is 3. The number of hydrogen-bond donors (Lipinski definition) is 3. The number of likely N-dealkylation sites (tertiary alicyclic amines) is 1. The highest BCUT2D eigenvalue weighted by atomic mass is 35.5. The summed E-state index contributed by atoms with van der Waals surface area (Å²) in [5.74, 6) is -1.91. The van der Waals surface area contributed by atoms with Crippen molar-refractivity contribution in [3.63, 3.8) is 0 Å². The molecule has 7 nitrogen and oxygen atoms in total. The number of nitrogens with one attached hydrogen (secondary N) is 1. The minimum atomic E-state index is -1.11. The first kappa shape index (κ1) is 29.8. The van der Waals surface area contributed by atoms with Crippen molar-refractivity contribution >= 4 is 29.4 Å². The number of carboxylic acid groups (broad SMARTS) is 1. The quantitative estimate of drug-likeness (QED) is 0.321. The zero-order valence-electron chi connectivity index (χ0n) is 24.0. The van der Waals surface area contributed by atoms with Gasteiger partial charge in [-0.25, -0.2) is 4.79 Å². The van der Waals surface area contributed by atoms with Crippen LogP contribution in [-0.2, 0) is 10.4 Å². The Morgan fingerprint density at radius 1 is 0.905 bits per heavy atom. The summed E-state index contributed by atoms with van der Waals surface area (Å²) < 4.78 is 0. The molecule has 3 N–H and O–H groups in total. The van der Waals surface area contributed by atoms with E-state index >= 15 is 0 Å². The van der Waals surface area contributed by atoms with Gasteiger partial charge < -0.3 is 20.4 Å². The molecule has 2 aliphatic rings. The molecule has 0 bridgehead atoms. The molecule has 0 spiro atoms. The standard InChI is InChI=1S/C34H37ClN2O5/c1-33(2)21-37(17-16-34(33,42)26-12-14-27(35)15-13-26)31(39)28-10-6-7-11-29(28)36-30(38)24-18-23(19-25(20-24)32(40)41)22-8-4-3-5-9-22/h3-5,8-9,12-15,18-20,28-29,42H,6-7,10-11,16-17,21H2,1-2H3,(H,36,38)(H,40,41). The maximum Gasteiger partial charge on any atom is 0.335 e. The Bertz CT molecular complexity index is 1470. The molecule has 42 heavy (non-hydrogen) atoms. The topological polar surface area (TPSA) is 107 Å². The molecule has 1 heterocycles. The first-order chi connectivity index (χ1) is 20.0. The number of amides is 2. The maximum absolute atomic E-state index is 13.9. The third kappa shape index (κ3) is 5.94. The van der Waals surface area contributed by atoms with Gasteiger partial charge in [-0.1, -0.05) is 80.8 Å². The van der Waals surface area contributed by atoms with E-state index in [0.717, 1.165) is 24.0 Å². The molecule has 3 aromatic carbocycles. The molecular formula is C34H37ClN2O5. The molecule has 3 aromatic rings. The summed E-state index contributed by atoms with van der Waals surface area (Å²) in [5, 5.41) is 25.1. The van der Waals surface area contributed by atoms with Crippen molar-refractivity contribution in [2.24, 2.45) is 11.3 Å². The lowest BCUT2D eigenvalue weighted by Gasteiger charge is -2.51. The summed E-state index contributed by atoms with van der Waals surface area (Å²) in [5.41, 5.74) is 0.782. The minimum Gasteiger partial charge on any atom is -0.478 e. The highest BCUT2D eigenvalue weighted by Crippen LogP contribution is 2.46. The van der Waals surface area contributed by atoms with E-state index in [0.29, 0.717) is 42.9 Å². The molecule has 1 saturated heterocycles. The Labute approximate surface area is 251 Å². The van der Waals surface area contributed by atoms with E-state index in [1.54, 1.807) is 24.3 Å². The number of carbonyl (C=O) groups excluding carboxylic acids is 2. The second kappa shape index (κ2) is 11.9. The predicted octanol–water partition coefficient (Wildman–Crippen LogP) is 6.14. The number of carboxylic acids is 1. The molecular weight excluding hydrogens is 552 g/mol. The van der Waals surface area contributed by atoms with Crippen molar-refractivity contribution in [2.75, 3.05) is 13.1 Å². The number of hydrogen-bond acceptors (Lipinski definition) is 4. The summed E-state index contributed by atoms with van der Waals surface area (Å²) in [6, 6.07) is 20.8. The Balaban J connectivity index is 1.33. The fraction of sp³-hybridized carbons (Fsp3) is 0.382. The highest BCUT2D eigenvalue weighted by Gasteiger charge is 2.50. The molecule has 2 fully saturated rings. The van der Waals surface area contributed by atoms with Crippen LogP contribution in [-0.4, -0.2) is 52.0 Å². The first-order valence-corrected chi connectivity index (χ1v) is 14.9. The predicted molar refractivity (Wildman–Crippen MR) is 162 cm³/mol. The number of rotatable bonds is 6. The summed E-state index contributed by atoms with van der Waals surface area (Å²) >= 11 is 6.07. The normalized spacial score (nSPS) is 23.7. The van der Waals surface area contributed by atoms with Gasteiger partial charge in [0.25, 0.3) is 5.91 Å². The molecule has 0 aromatic heterocycles. The monoisotopic (exact) mass is 588 g/mol. The van der Waals surface area contributed by atoms with Crippen molar-refractivity contribution in [3.05, 3.63) is 94.5 Å². The van der Waals surface area contributed by atoms with Gasteiger partial charge in [-0.15, -0.1) is 0 Å². The summed E-state index contributed by atoms with van der Waals surface area (Å²) in [6.45, 7) is 4.73. The van der Waals surface area contributed by atoms with Gasteiger partial charge in [-0.3, -0.25) is 9.59 Å². The third-order valence-corrected chi connectivity index (χ3v) is 9.28. The zero-order valence-corrected chi connectivity index (χ0v) is 24.7. The fourth-order valence-electron chi connectivity index (χ4n) is 6.54. The SMILES string of the molecule is CC1(C)CN(C(=O)C2CCCCC2NC(=O)c2cc(C(=O)O)cc(-c3ccccc3)c2)CCC1(O)c1ccc(Cl)cc1. The fourth-order valence-corrected chi connectivity index (χ4v) is 6.66. The minimum absolute atomic E-state index is 0.0181. The largest absolute Gasteiger partial charge is 0.478 e. The lowest BCUT2D eigenvalue weighted by atomic mass is 9.66. The van der Waals surface area contributed by atoms with Crippen LogP contribution in [0, 0.1) is 11.3 Å². The zero-order chi connectivity index (χ0) is 30.1. The van der Waals surface area contributed by atoms with Crippen LogP contribution in [0.2, 0.25) is 5.02 Å². The molecule has 220 valence electrons. The van der Waals surface area contributed by atoms with Crippen LogP contribution in [0.3, 0.4) is 0 Å². The molecule has 1 aliphatic carbocycles. The average molecular weight is 589 g/mol. The number of nitrogens with zero attached hydrogens (tertiary/aromatic N) is 1.